The molecule has 0 saturated carbocycles. The Bertz CT molecular complexity index is 348. The van der Waals surface area contributed by atoms with Gasteiger partial charge in [0.05, 0.1) is 0 Å². The number of Topliss-reactive ketones (excluding diaryl/α,β-unsaturated/α-hetero) is 1. The Morgan fingerprint density at radius 3 is 2.53 bits per heavy atom. The normalized spacial score (nSPS) is 28.0. The van der Waals surface area contributed by atoms with E-state index in [1.54, 1.807) is 12.5 Å². The third-order valence-electron chi connectivity index (χ3n) is 2.91. The molecule has 0 aromatic carbocycles. The van der Waals surface area contributed by atoms with Crippen LogP contribution in [0.1, 0.15) is 13.3 Å². The molecule has 0 radical (unpaired) electrons. The van der Waals surface area contributed by atoms with Crippen molar-refractivity contribution in [3.63, 3.8) is 0 Å². The van der Waals surface area contributed by atoms with E-state index in [1.165, 1.54) is 5.37 Å². The molecule has 0 bridgehead atoms. The molecule has 3 nitrogen and oxygen atoms in total. The van der Waals surface area contributed by atoms with Crippen LogP contribution in [-0.4, -0.2) is 52.9 Å². The summed E-state index contributed by atoms with van der Waals surface area (Å²) in [4.78, 5) is 14.1. The van der Waals surface area contributed by atoms with E-state index in [4.69, 9.17) is 0 Å². The molecule has 2 atom stereocenters. The van der Waals surface area contributed by atoms with Crippen LogP contribution in [-0.2, 0) is 14.3 Å². The molecule has 1 saturated heterocycles. The van der Waals surface area contributed by atoms with E-state index in [0.717, 1.165) is 19.5 Å². The lowest BCUT2D eigenvalue weighted by molar-refractivity contribution is -0.116. The molecular formula is C11H21NO2S. The summed E-state index contributed by atoms with van der Waals surface area (Å²) < 4.78 is 11.5. The third-order valence-corrected chi connectivity index (χ3v) is 3.71. The second-order valence-electron chi connectivity index (χ2n) is 4.83. The summed E-state index contributed by atoms with van der Waals surface area (Å²) in [6.45, 7) is 3.90. The van der Waals surface area contributed by atoms with E-state index in [0.29, 0.717) is 5.92 Å². The van der Waals surface area contributed by atoms with E-state index in [1.807, 2.05) is 7.05 Å². The van der Waals surface area contributed by atoms with Gasteiger partial charge in [0.1, 0.15) is 0 Å². The maximum Gasteiger partial charge on any atom is 0.168 e. The van der Waals surface area contributed by atoms with Gasteiger partial charge in [-0.15, -0.1) is 0 Å². The number of hydrogen-bond donors (Lipinski definition) is 0. The lowest BCUT2D eigenvalue weighted by atomic mass is 9.91. The number of likely N-dealkylation sites (tertiary alicyclic amines) is 1. The number of carbonyl (C=O) groups excluding carboxylic acids is 1. The minimum absolute atomic E-state index is 0.0562. The van der Waals surface area contributed by atoms with E-state index >= 15 is 0 Å². The fourth-order valence-electron chi connectivity index (χ4n) is 2.19. The first-order valence-corrected chi connectivity index (χ1v) is 7.78. The van der Waals surface area contributed by atoms with Crippen LogP contribution in [0.3, 0.4) is 0 Å². The van der Waals surface area contributed by atoms with E-state index in [2.05, 4.69) is 11.8 Å². The van der Waals surface area contributed by atoms with Gasteiger partial charge in [0.25, 0.3) is 0 Å². The molecule has 1 heterocycles. The van der Waals surface area contributed by atoms with Gasteiger partial charge in [0.15, 0.2) is 5.78 Å². The lowest BCUT2D eigenvalue weighted by Crippen LogP contribution is -2.25. The standard InChI is InChI=1S/C11H21NO2S/c1-5-9-6-12(2)7-10(9)11(13)8-15(3,4)14/h8-10H,5-7H2,1-4H3/t9?,10-/m0/s1. The molecule has 1 aliphatic heterocycles. The predicted molar refractivity (Wildman–Crippen MR) is 65.8 cm³/mol. The first-order chi connectivity index (χ1) is 6.83. The molecule has 4 heteroatoms. The van der Waals surface area contributed by atoms with Crippen molar-refractivity contribution in [3.05, 3.63) is 0 Å². The molecule has 1 fully saturated rings. The fraction of sp³-hybridized carbons (Fsp3) is 0.818. The van der Waals surface area contributed by atoms with Crippen LogP contribution < -0.4 is 0 Å². The first kappa shape index (κ1) is 12.7. The predicted octanol–water partition coefficient (Wildman–Crippen LogP) is 0.490. The van der Waals surface area contributed by atoms with Crippen molar-refractivity contribution >= 4 is 20.7 Å². The molecule has 88 valence electrons. The van der Waals surface area contributed by atoms with Crippen LogP contribution in [0.5, 0.6) is 0 Å². The molecule has 0 amide bonds. The minimum atomic E-state index is -2.05. The zero-order valence-electron chi connectivity index (χ0n) is 10.0. The Labute approximate surface area is 92.9 Å². The van der Waals surface area contributed by atoms with Crippen molar-refractivity contribution in [1.82, 2.24) is 4.90 Å². The van der Waals surface area contributed by atoms with Crippen molar-refractivity contribution in [2.24, 2.45) is 11.8 Å². The van der Waals surface area contributed by atoms with Crippen molar-refractivity contribution in [2.45, 2.75) is 13.3 Å². The Hall–Kier alpha value is -0.350. The Balaban J connectivity index is 2.80. The van der Waals surface area contributed by atoms with Crippen LogP contribution in [0.15, 0.2) is 0 Å². The van der Waals surface area contributed by atoms with E-state index < -0.39 is 9.52 Å². The summed E-state index contributed by atoms with van der Waals surface area (Å²) in [6.07, 6.45) is 4.25. The number of rotatable bonds is 3. The van der Waals surface area contributed by atoms with Gasteiger partial charge in [-0.1, -0.05) is 13.3 Å². The molecule has 0 aromatic heterocycles. The van der Waals surface area contributed by atoms with Crippen molar-refractivity contribution in [2.75, 3.05) is 32.6 Å². The van der Waals surface area contributed by atoms with Gasteiger partial charge in [-0.25, -0.2) is 0 Å². The molecular weight excluding hydrogens is 210 g/mol. The molecule has 1 aliphatic rings. The highest BCUT2D eigenvalue weighted by molar-refractivity contribution is 8.01. The highest BCUT2D eigenvalue weighted by Crippen LogP contribution is 2.25. The molecule has 1 unspecified atom stereocenters. The van der Waals surface area contributed by atoms with Crippen LogP contribution in [0, 0.1) is 11.8 Å². The molecule has 15 heavy (non-hydrogen) atoms. The molecule has 1 rings (SSSR count). The van der Waals surface area contributed by atoms with Crippen molar-refractivity contribution in [3.8, 4) is 0 Å². The topological polar surface area (TPSA) is 37.4 Å². The third kappa shape index (κ3) is 3.61. The van der Waals surface area contributed by atoms with E-state index in [9.17, 15) is 9.00 Å². The monoisotopic (exact) mass is 231 g/mol. The van der Waals surface area contributed by atoms with Crippen molar-refractivity contribution < 1.29 is 9.00 Å². The zero-order chi connectivity index (χ0) is 11.6. The summed E-state index contributed by atoms with van der Waals surface area (Å²) in [5.41, 5.74) is 0. The summed E-state index contributed by atoms with van der Waals surface area (Å²) in [7, 11) is -0.0201. The van der Waals surface area contributed by atoms with Crippen LogP contribution in [0.2, 0.25) is 0 Å². The average Bonchev–Trinajstić information content (AvgIpc) is 2.43. The molecule has 0 spiro atoms. The maximum atomic E-state index is 11.9. The van der Waals surface area contributed by atoms with Crippen molar-refractivity contribution in [1.29, 1.82) is 0 Å². The SMILES string of the molecule is CCC1CN(C)C[C@@H]1C(=O)C=S(C)(C)=O. The summed E-state index contributed by atoms with van der Waals surface area (Å²) >= 11 is 0. The smallest absolute Gasteiger partial charge is 0.168 e. The quantitative estimate of drug-likeness (QED) is 0.663. The largest absolute Gasteiger partial charge is 0.305 e. The minimum Gasteiger partial charge on any atom is -0.305 e. The van der Waals surface area contributed by atoms with Gasteiger partial charge in [-0.2, -0.15) is 0 Å². The second kappa shape index (κ2) is 4.66. The molecule has 0 N–H and O–H groups in total. The summed E-state index contributed by atoms with van der Waals surface area (Å²) in [6, 6.07) is 0. The van der Waals surface area contributed by atoms with Crippen LogP contribution in [0.4, 0.5) is 0 Å². The summed E-state index contributed by atoms with van der Waals surface area (Å²) in [5.74, 6) is 0.558. The van der Waals surface area contributed by atoms with Gasteiger partial charge in [-0.05, 0) is 22.5 Å². The number of hydrogen-bond acceptors (Lipinski definition) is 3. The van der Waals surface area contributed by atoms with Gasteiger partial charge in [-0.3, -0.25) is 9.00 Å². The molecule has 0 aromatic rings. The Morgan fingerprint density at radius 2 is 2.07 bits per heavy atom. The first-order valence-electron chi connectivity index (χ1n) is 5.35. The van der Waals surface area contributed by atoms with Crippen LogP contribution in [0.25, 0.3) is 0 Å². The number of ketones is 1. The fourth-order valence-corrected chi connectivity index (χ4v) is 2.92. The Morgan fingerprint density at radius 1 is 1.47 bits per heavy atom. The maximum absolute atomic E-state index is 11.9. The lowest BCUT2D eigenvalue weighted by Gasteiger charge is -2.13. The highest BCUT2D eigenvalue weighted by atomic mass is 32.2. The second-order valence-corrected chi connectivity index (χ2v) is 7.68. The number of carbonyl (C=O) groups is 1. The average molecular weight is 231 g/mol. The molecule has 0 aliphatic carbocycles. The van der Waals surface area contributed by atoms with Gasteiger partial charge in [0, 0.05) is 36.9 Å². The van der Waals surface area contributed by atoms with Gasteiger partial charge < -0.3 is 4.90 Å². The zero-order valence-corrected chi connectivity index (χ0v) is 10.8. The van der Waals surface area contributed by atoms with Crippen LogP contribution >= 0.6 is 0 Å². The number of nitrogens with zero attached hydrogens (tertiary/aromatic N) is 1. The van der Waals surface area contributed by atoms with E-state index in [-0.39, 0.29) is 11.7 Å². The van der Waals surface area contributed by atoms with Gasteiger partial charge in [0.2, 0.25) is 0 Å². The van der Waals surface area contributed by atoms with Gasteiger partial charge >= 0.3 is 0 Å². The summed E-state index contributed by atoms with van der Waals surface area (Å²) in [5, 5.41) is 1.43. The highest BCUT2D eigenvalue weighted by Gasteiger charge is 2.33. The Kier molecular flexibility index (Phi) is 3.95.